The van der Waals surface area contributed by atoms with Gasteiger partial charge in [-0.3, -0.25) is 4.79 Å². The predicted molar refractivity (Wildman–Crippen MR) is 70.6 cm³/mol. The molecule has 19 heavy (non-hydrogen) atoms. The molecule has 0 saturated carbocycles. The van der Waals surface area contributed by atoms with Crippen molar-refractivity contribution >= 4 is 11.9 Å². The first-order valence-electron chi connectivity index (χ1n) is 6.91. The molecular weight excluding hydrogens is 246 g/mol. The fraction of sp³-hybridized carbons (Fsp3) is 0.846. The van der Waals surface area contributed by atoms with Crippen molar-refractivity contribution in [1.29, 1.82) is 0 Å². The summed E-state index contributed by atoms with van der Waals surface area (Å²) < 4.78 is 5.78. The van der Waals surface area contributed by atoms with Crippen LogP contribution in [0.25, 0.3) is 0 Å². The van der Waals surface area contributed by atoms with Gasteiger partial charge >= 0.3 is 6.03 Å². The van der Waals surface area contributed by atoms with Gasteiger partial charge in [0, 0.05) is 26.7 Å². The Balaban J connectivity index is 1.92. The Morgan fingerprint density at radius 3 is 2.74 bits per heavy atom. The van der Waals surface area contributed by atoms with Gasteiger partial charge in [0.1, 0.15) is 0 Å². The van der Waals surface area contributed by atoms with Gasteiger partial charge in [-0.15, -0.1) is 0 Å². The van der Waals surface area contributed by atoms with Gasteiger partial charge < -0.3 is 20.3 Å². The summed E-state index contributed by atoms with van der Waals surface area (Å²) in [6, 6.07) is -0.0958. The minimum absolute atomic E-state index is 0.00847. The predicted octanol–water partition coefficient (Wildman–Crippen LogP) is 0.187. The van der Waals surface area contributed by atoms with E-state index in [1.54, 1.807) is 11.9 Å². The highest BCUT2D eigenvalue weighted by Crippen LogP contribution is 2.32. The van der Waals surface area contributed by atoms with Crippen molar-refractivity contribution in [2.45, 2.75) is 32.5 Å². The number of morpholine rings is 1. The van der Waals surface area contributed by atoms with E-state index in [1.807, 2.05) is 0 Å². The third kappa shape index (κ3) is 3.18. The first-order chi connectivity index (χ1) is 9.01. The Bertz CT molecular complexity index is 359. The average Bonchev–Trinajstić information content (AvgIpc) is 2.69. The molecule has 2 aliphatic heterocycles. The quantitative estimate of drug-likeness (QED) is 0.768. The van der Waals surface area contributed by atoms with Gasteiger partial charge in [0.2, 0.25) is 5.91 Å². The highest BCUT2D eigenvalue weighted by Gasteiger charge is 2.45. The normalized spacial score (nSPS) is 29.5. The van der Waals surface area contributed by atoms with Gasteiger partial charge in [0.25, 0.3) is 0 Å². The number of carbonyl (C=O) groups excluding carboxylic acids is 2. The molecule has 2 rings (SSSR count). The SMILES string of the molecule is CNC(=O)N1C[C@H]2C[C@@H](C(=O)NCC(C)C)[C@@H](C1)O2. The maximum Gasteiger partial charge on any atom is 0.317 e. The Morgan fingerprint density at radius 2 is 2.11 bits per heavy atom. The van der Waals surface area contributed by atoms with Gasteiger partial charge in [0.05, 0.1) is 18.1 Å². The van der Waals surface area contributed by atoms with Crippen LogP contribution in [0.15, 0.2) is 0 Å². The van der Waals surface area contributed by atoms with Crippen LogP contribution in [0.5, 0.6) is 0 Å². The Labute approximate surface area is 113 Å². The average molecular weight is 269 g/mol. The van der Waals surface area contributed by atoms with Crippen LogP contribution in [0.1, 0.15) is 20.3 Å². The molecule has 2 N–H and O–H groups in total. The third-order valence-electron chi connectivity index (χ3n) is 3.68. The van der Waals surface area contributed by atoms with Crippen molar-refractivity contribution < 1.29 is 14.3 Å². The smallest absolute Gasteiger partial charge is 0.317 e. The number of urea groups is 1. The maximum absolute atomic E-state index is 12.1. The monoisotopic (exact) mass is 269 g/mol. The van der Waals surface area contributed by atoms with Crippen molar-refractivity contribution in [3.05, 3.63) is 0 Å². The van der Waals surface area contributed by atoms with Gasteiger partial charge in [-0.2, -0.15) is 0 Å². The number of fused-ring (bicyclic) bond motifs is 2. The number of amides is 3. The number of hydrogen-bond donors (Lipinski definition) is 2. The van der Waals surface area contributed by atoms with E-state index in [1.165, 1.54) is 0 Å². The lowest BCUT2D eigenvalue weighted by Crippen LogP contribution is -2.50. The first-order valence-corrected chi connectivity index (χ1v) is 6.91. The molecule has 0 spiro atoms. The highest BCUT2D eigenvalue weighted by molar-refractivity contribution is 5.80. The van der Waals surface area contributed by atoms with Gasteiger partial charge in [-0.05, 0) is 12.3 Å². The number of nitrogens with zero attached hydrogens (tertiary/aromatic N) is 1. The molecule has 0 aromatic heterocycles. The molecule has 0 radical (unpaired) electrons. The molecule has 0 aliphatic carbocycles. The van der Waals surface area contributed by atoms with Crippen molar-refractivity contribution in [2.24, 2.45) is 11.8 Å². The lowest BCUT2D eigenvalue weighted by atomic mass is 9.99. The molecule has 0 aromatic carbocycles. The molecular formula is C13H23N3O3. The summed E-state index contributed by atoms with van der Waals surface area (Å²) in [4.78, 5) is 25.5. The van der Waals surface area contributed by atoms with E-state index in [-0.39, 0.29) is 30.1 Å². The molecule has 2 bridgehead atoms. The molecule has 6 heteroatoms. The second kappa shape index (κ2) is 5.77. The summed E-state index contributed by atoms with van der Waals surface area (Å²) in [7, 11) is 1.62. The molecule has 3 atom stereocenters. The van der Waals surface area contributed by atoms with Crippen LogP contribution in [0.2, 0.25) is 0 Å². The largest absolute Gasteiger partial charge is 0.370 e. The second-order valence-corrected chi connectivity index (χ2v) is 5.74. The summed E-state index contributed by atoms with van der Waals surface area (Å²) in [5, 5.41) is 5.58. The lowest BCUT2D eigenvalue weighted by Gasteiger charge is -2.32. The zero-order valence-corrected chi connectivity index (χ0v) is 11.8. The molecule has 3 amide bonds. The molecule has 108 valence electrons. The molecule has 2 fully saturated rings. The number of likely N-dealkylation sites (tertiary alicyclic amines) is 1. The minimum atomic E-state index is -0.164. The molecule has 2 heterocycles. The van der Waals surface area contributed by atoms with E-state index >= 15 is 0 Å². The fourth-order valence-corrected chi connectivity index (χ4v) is 2.69. The summed E-state index contributed by atoms with van der Waals surface area (Å²) in [5.74, 6) is 0.367. The second-order valence-electron chi connectivity index (χ2n) is 5.74. The highest BCUT2D eigenvalue weighted by atomic mass is 16.5. The van der Waals surface area contributed by atoms with E-state index in [4.69, 9.17) is 4.74 Å². The molecule has 2 saturated heterocycles. The molecule has 2 aliphatic rings. The Morgan fingerprint density at radius 1 is 1.37 bits per heavy atom. The molecule has 0 unspecified atom stereocenters. The topological polar surface area (TPSA) is 70.7 Å². The summed E-state index contributed by atoms with van der Waals surface area (Å²) in [6.07, 6.45) is 0.538. The first kappa shape index (κ1) is 14.1. The summed E-state index contributed by atoms with van der Waals surface area (Å²) >= 11 is 0. The van der Waals surface area contributed by atoms with Crippen molar-refractivity contribution in [2.75, 3.05) is 26.7 Å². The maximum atomic E-state index is 12.1. The number of carbonyl (C=O) groups is 2. The van der Waals surface area contributed by atoms with E-state index in [2.05, 4.69) is 24.5 Å². The lowest BCUT2D eigenvalue weighted by molar-refractivity contribution is -0.127. The minimum Gasteiger partial charge on any atom is -0.370 e. The Kier molecular flexibility index (Phi) is 4.29. The third-order valence-corrected chi connectivity index (χ3v) is 3.68. The van der Waals surface area contributed by atoms with Gasteiger partial charge in [-0.25, -0.2) is 4.79 Å². The fourth-order valence-electron chi connectivity index (χ4n) is 2.69. The van der Waals surface area contributed by atoms with Crippen LogP contribution in [-0.2, 0) is 9.53 Å². The van der Waals surface area contributed by atoms with E-state index in [9.17, 15) is 9.59 Å². The number of ether oxygens (including phenoxy) is 1. The van der Waals surface area contributed by atoms with E-state index < -0.39 is 0 Å². The van der Waals surface area contributed by atoms with Crippen LogP contribution in [-0.4, -0.2) is 55.7 Å². The van der Waals surface area contributed by atoms with Crippen molar-refractivity contribution in [3.8, 4) is 0 Å². The van der Waals surface area contributed by atoms with Crippen LogP contribution in [0.3, 0.4) is 0 Å². The summed E-state index contributed by atoms with van der Waals surface area (Å²) in [6.45, 7) is 5.89. The van der Waals surface area contributed by atoms with E-state index in [0.717, 1.165) is 0 Å². The van der Waals surface area contributed by atoms with Crippen LogP contribution in [0.4, 0.5) is 4.79 Å². The van der Waals surface area contributed by atoms with Crippen molar-refractivity contribution in [3.63, 3.8) is 0 Å². The standard InChI is InChI=1S/C13H23N3O3/c1-8(2)5-15-12(17)10-4-9-6-16(13(18)14-3)7-11(10)19-9/h8-11H,4-7H2,1-3H3,(H,14,18)(H,15,17)/t9-,10-,11-/m1/s1. The Hall–Kier alpha value is -1.30. The number of hydrogen-bond acceptors (Lipinski definition) is 3. The summed E-state index contributed by atoms with van der Waals surface area (Å²) in [5.41, 5.74) is 0. The van der Waals surface area contributed by atoms with Crippen LogP contribution >= 0.6 is 0 Å². The molecule has 0 aromatic rings. The molecule has 6 nitrogen and oxygen atoms in total. The van der Waals surface area contributed by atoms with Crippen molar-refractivity contribution in [1.82, 2.24) is 15.5 Å². The zero-order valence-electron chi connectivity index (χ0n) is 11.8. The zero-order chi connectivity index (χ0) is 14.0. The van der Waals surface area contributed by atoms with Gasteiger partial charge in [0.15, 0.2) is 0 Å². The number of nitrogens with one attached hydrogen (secondary N) is 2. The van der Waals surface area contributed by atoms with Gasteiger partial charge in [-0.1, -0.05) is 13.8 Å². The van der Waals surface area contributed by atoms with Crippen LogP contribution in [0, 0.1) is 11.8 Å². The van der Waals surface area contributed by atoms with E-state index in [0.29, 0.717) is 32.0 Å². The van der Waals surface area contributed by atoms with Crippen LogP contribution < -0.4 is 10.6 Å². The number of rotatable bonds is 3.